The molecule has 3 aromatic rings. The molecular weight excluding hydrogens is 377 g/mol. The van der Waals surface area contributed by atoms with Crippen molar-refractivity contribution in [1.29, 1.82) is 0 Å². The van der Waals surface area contributed by atoms with Crippen molar-refractivity contribution in [3.8, 4) is 0 Å². The molecule has 0 bridgehead atoms. The van der Waals surface area contributed by atoms with Gasteiger partial charge in [-0.2, -0.15) is 11.3 Å². The van der Waals surface area contributed by atoms with Gasteiger partial charge in [-0.3, -0.25) is 9.69 Å². The maximum atomic E-state index is 13.0. The van der Waals surface area contributed by atoms with Gasteiger partial charge < -0.3 is 9.88 Å². The van der Waals surface area contributed by atoms with Crippen LogP contribution < -0.4 is 5.32 Å². The van der Waals surface area contributed by atoms with Crippen LogP contribution >= 0.6 is 11.3 Å². The summed E-state index contributed by atoms with van der Waals surface area (Å²) < 4.78 is 15.1. The van der Waals surface area contributed by atoms with E-state index in [0.29, 0.717) is 18.5 Å². The first-order valence-corrected chi connectivity index (χ1v) is 10.3. The van der Waals surface area contributed by atoms with Crippen molar-refractivity contribution in [2.45, 2.75) is 25.9 Å². The number of benzene rings is 1. The van der Waals surface area contributed by atoms with E-state index in [1.807, 2.05) is 0 Å². The first-order valence-electron chi connectivity index (χ1n) is 9.37. The summed E-state index contributed by atoms with van der Waals surface area (Å²) in [6.07, 6.45) is 1.49. The topological polar surface area (TPSA) is 63.1 Å². The molecule has 2 aromatic heterocycles. The van der Waals surface area contributed by atoms with Gasteiger partial charge in [0.15, 0.2) is 0 Å². The lowest BCUT2D eigenvalue weighted by molar-refractivity contribution is 0.0954. The lowest BCUT2D eigenvalue weighted by Gasteiger charge is -2.18. The van der Waals surface area contributed by atoms with Gasteiger partial charge in [0.05, 0.1) is 0 Å². The van der Waals surface area contributed by atoms with Crippen molar-refractivity contribution in [2.75, 3.05) is 19.6 Å². The van der Waals surface area contributed by atoms with Crippen LogP contribution in [0.25, 0.3) is 0 Å². The first kappa shape index (κ1) is 18.8. The van der Waals surface area contributed by atoms with E-state index in [-0.39, 0.29) is 11.7 Å². The maximum absolute atomic E-state index is 13.0. The highest BCUT2D eigenvalue weighted by molar-refractivity contribution is 7.07. The molecule has 1 aromatic carbocycles. The molecule has 0 saturated heterocycles. The molecule has 0 aliphatic carbocycles. The van der Waals surface area contributed by atoms with E-state index in [9.17, 15) is 9.18 Å². The third kappa shape index (κ3) is 4.45. The summed E-state index contributed by atoms with van der Waals surface area (Å²) >= 11 is 1.73. The lowest BCUT2D eigenvalue weighted by atomic mass is 10.2. The fourth-order valence-corrected chi connectivity index (χ4v) is 4.06. The molecule has 0 atom stereocenters. The van der Waals surface area contributed by atoms with Gasteiger partial charge in [0, 0.05) is 51.1 Å². The van der Waals surface area contributed by atoms with E-state index >= 15 is 0 Å². The Bertz CT molecular complexity index is 923. The standard InChI is InChI=1S/C20H22FN5OS/c21-17-3-1-16(2-4-17)20(27)22-8-5-18-23-24-19-6-9-25(10-11-26(18)19)13-15-7-12-28-14-15/h1-4,7,12,14H,5-6,8-11,13H2,(H,22,27). The normalized spacial score (nSPS) is 14.5. The Morgan fingerprint density at radius 3 is 2.79 bits per heavy atom. The monoisotopic (exact) mass is 399 g/mol. The zero-order valence-electron chi connectivity index (χ0n) is 15.5. The summed E-state index contributed by atoms with van der Waals surface area (Å²) in [5.74, 6) is 1.34. The second-order valence-electron chi connectivity index (χ2n) is 6.85. The smallest absolute Gasteiger partial charge is 0.251 e. The highest BCUT2D eigenvalue weighted by atomic mass is 32.1. The summed E-state index contributed by atoms with van der Waals surface area (Å²) in [6, 6.07) is 7.71. The SMILES string of the molecule is O=C(NCCc1nnc2n1CCN(Cc1ccsc1)CC2)c1ccc(F)cc1. The molecule has 3 heterocycles. The predicted octanol–water partition coefficient (Wildman–Crippen LogP) is 2.51. The van der Waals surface area contributed by atoms with E-state index in [1.54, 1.807) is 11.3 Å². The van der Waals surface area contributed by atoms with Crippen molar-refractivity contribution in [3.63, 3.8) is 0 Å². The predicted molar refractivity (Wildman–Crippen MR) is 106 cm³/mol. The summed E-state index contributed by atoms with van der Waals surface area (Å²) in [6.45, 7) is 4.20. The Labute approximate surface area is 167 Å². The van der Waals surface area contributed by atoms with Gasteiger partial charge in [0.25, 0.3) is 5.91 Å². The Morgan fingerprint density at radius 2 is 2.00 bits per heavy atom. The van der Waals surface area contributed by atoms with Crippen LogP contribution in [0.5, 0.6) is 0 Å². The molecule has 6 nitrogen and oxygen atoms in total. The number of carbonyl (C=O) groups is 1. The fraction of sp³-hybridized carbons (Fsp3) is 0.350. The number of nitrogens with zero attached hydrogens (tertiary/aromatic N) is 4. The molecule has 28 heavy (non-hydrogen) atoms. The quantitative estimate of drug-likeness (QED) is 0.692. The maximum Gasteiger partial charge on any atom is 0.251 e. The molecular formula is C20H22FN5OS. The van der Waals surface area contributed by atoms with E-state index in [2.05, 4.69) is 41.8 Å². The van der Waals surface area contributed by atoms with Gasteiger partial charge in [-0.1, -0.05) is 0 Å². The minimum Gasteiger partial charge on any atom is -0.352 e. The summed E-state index contributed by atoms with van der Waals surface area (Å²) in [5.41, 5.74) is 1.80. The van der Waals surface area contributed by atoms with Crippen LogP contribution in [0.3, 0.4) is 0 Å². The van der Waals surface area contributed by atoms with Crippen molar-refractivity contribution < 1.29 is 9.18 Å². The number of fused-ring (bicyclic) bond motifs is 1. The molecule has 146 valence electrons. The van der Waals surface area contributed by atoms with E-state index in [4.69, 9.17) is 0 Å². The summed E-state index contributed by atoms with van der Waals surface area (Å²) in [4.78, 5) is 14.6. The minimum absolute atomic E-state index is 0.211. The average Bonchev–Trinajstić information content (AvgIpc) is 3.29. The van der Waals surface area contributed by atoms with Gasteiger partial charge in [-0.15, -0.1) is 10.2 Å². The number of rotatable bonds is 6. The minimum atomic E-state index is -0.351. The highest BCUT2D eigenvalue weighted by Gasteiger charge is 2.19. The van der Waals surface area contributed by atoms with Crippen LogP contribution in [-0.2, 0) is 25.9 Å². The molecule has 0 radical (unpaired) electrons. The zero-order chi connectivity index (χ0) is 19.3. The number of hydrogen-bond donors (Lipinski definition) is 1. The van der Waals surface area contributed by atoms with Gasteiger partial charge in [0.2, 0.25) is 0 Å². The van der Waals surface area contributed by atoms with Crippen LogP contribution in [0.1, 0.15) is 27.6 Å². The number of amides is 1. The number of halogens is 1. The Morgan fingerprint density at radius 1 is 1.14 bits per heavy atom. The molecule has 1 aliphatic heterocycles. The molecule has 4 rings (SSSR count). The van der Waals surface area contributed by atoms with Crippen LogP contribution in [-0.4, -0.2) is 45.2 Å². The van der Waals surface area contributed by atoms with E-state index in [0.717, 1.165) is 44.2 Å². The largest absolute Gasteiger partial charge is 0.352 e. The van der Waals surface area contributed by atoms with Crippen LogP contribution in [0, 0.1) is 5.82 Å². The molecule has 8 heteroatoms. The third-order valence-electron chi connectivity index (χ3n) is 4.92. The first-order chi connectivity index (χ1) is 13.7. The number of thiophene rings is 1. The Kier molecular flexibility index (Phi) is 5.78. The number of carbonyl (C=O) groups excluding carboxylic acids is 1. The number of aromatic nitrogens is 3. The average molecular weight is 399 g/mol. The van der Waals surface area contributed by atoms with Crippen molar-refractivity contribution in [1.82, 2.24) is 25.0 Å². The Hall–Kier alpha value is -2.58. The molecule has 0 saturated carbocycles. The zero-order valence-corrected chi connectivity index (χ0v) is 16.3. The molecule has 0 spiro atoms. The van der Waals surface area contributed by atoms with Gasteiger partial charge in [0.1, 0.15) is 17.5 Å². The molecule has 0 fully saturated rings. The number of hydrogen-bond acceptors (Lipinski definition) is 5. The third-order valence-corrected chi connectivity index (χ3v) is 5.65. The van der Waals surface area contributed by atoms with Gasteiger partial charge in [-0.05, 0) is 46.7 Å². The van der Waals surface area contributed by atoms with Crippen LogP contribution in [0.15, 0.2) is 41.1 Å². The van der Waals surface area contributed by atoms with Crippen molar-refractivity contribution >= 4 is 17.2 Å². The molecule has 1 N–H and O–H groups in total. The van der Waals surface area contributed by atoms with Gasteiger partial charge in [-0.25, -0.2) is 4.39 Å². The van der Waals surface area contributed by atoms with Crippen LogP contribution in [0.4, 0.5) is 4.39 Å². The lowest BCUT2D eigenvalue weighted by Crippen LogP contribution is -2.28. The second kappa shape index (κ2) is 8.62. The molecule has 0 unspecified atom stereocenters. The van der Waals surface area contributed by atoms with Gasteiger partial charge >= 0.3 is 0 Å². The second-order valence-corrected chi connectivity index (χ2v) is 7.63. The van der Waals surface area contributed by atoms with E-state index in [1.165, 1.54) is 29.8 Å². The molecule has 1 aliphatic rings. The fourth-order valence-electron chi connectivity index (χ4n) is 3.40. The summed E-state index contributed by atoms with van der Waals surface area (Å²) in [5, 5.41) is 15.8. The van der Waals surface area contributed by atoms with Crippen LogP contribution in [0.2, 0.25) is 0 Å². The Balaban J connectivity index is 1.31. The van der Waals surface area contributed by atoms with E-state index < -0.39 is 0 Å². The summed E-state index contributed by atoms with van der Waals surface area (Å²) in [7, 11) is 0. The highest BCUT2D eigenvalue weighted by Crippen LogP contribution is 2.14. The van der Waals surface area contributed by atoms with Crippen molar-refractivity contribution in [2.24, 2.45) is 0 Å². The number of nitrogens with one attached hydrogen (secondary N) is 1. The molecule has 1 amide bonds. The van der Waals surface area contributed by atoms with Crippen molar-refractivity contribution in [3.05, 3.63) is 69.7 Å².